The maximum absolute atomic E-state index is 14.1. The van der Waals surface area contributed by atoms with E-state index in [1.54, 1.807) is 0 Å². The highest BCUT2D eigenvalue weighted by Crippen LogP contribution is 2.25. The highest BCUT2D eigenvalue weighted by Gasteiger charge is 2.32. The summed E-state index contributed by atoms with van der Waals surface area (Å²) in [6.45, 7) is 1.47. The lowest BCUT2D eigenvalue weighted by Gasteiger charge is -2.29. The number of benzene rings is 2. The van der Waals surface area contributed by atoms with Gasteiger partial charge in [0.25, 0.3) is 0 Å². The lowest BCUT2D eigenvalue weighted by Crippen LogP contribution is -2.46. The van der Waals surface area contributed by atoms with Gasteiger partial charge in [-0.25, -0.2) is 22.4 Å². The third-order valence-corrected chi connectivity index (χ3v) is 3.78. The standard InChI is InChI=1S/C18H15F4NO3/c1-2-15(18(25)26)23(16-6-5-12(20)9-14(16)22)17(24)7-10-3-4-11(19)8-13(10)21/h3-6,8-9,15H,2,7H2,1H3,(H,25,26). The molecule has 138 valence electrons. The molecule has 0 fully saturated rings. The van der Waals surface area contributed by atoms with E-state index in [1.807, 2.05) is 0 Å². The van der Waals surface area contributed by atoms with Gasteiger partial charge in [-0.1, -0.05) is 13.0 Å². The first-order valence-corrected chi connectivity index (χ1v) is 7.68. The number of aliphatic carboxylic acids is 1. The molecule has 0 heterocycles. The van der Waals surface area contributed by atoms with Gasteiger partial charge in [0.15, 0.2) is 0 Å². The number of halogens is 4. The Hall–Kier alpha value is -2.90. The van der Waals surface area contributed by atoms with Crippen molar-refractivity contribution in [3.63, 3.8) is 0 Å². The summed E-state index contributed by atoms with van der Waals surface area (Å²) in [4.78, 5) is 24.8. The van der Waals surface area contributed by atoms with Crippen LogP contribution in [0.4, 0.5) is 23.2 Å². The highest BCUT2D eigenvalue weighted by atomic mass is 19.1. The van der Waals surface area contributed by atoms with Crippen molar-refractivity contribution in [3.05, 3.63) is 65.2 Å². The van der Waals surface area contributed by atoms with E-state index < -0.39 is 53.3 Å². The Balaban J connectivity index is 2.45. The fourth-order valence-electron chi connectivity index (χ4n) is 2.53. The number of rotatable bonds is 6. The second-order valence-corrected chi connectivity index (χ2v) is 5.53. The first kappa shape index (κ1) is 19.4. The summed E-state index contributed by atoms with van der Waals surface area (Å²) >= 11 is 0. The number of carboxylic acids is 1. The number of nitrogens with zero attached hydrogens (tertiary/aromatic N) is 1. The van der Waals surface area contributed by atoms with Crippen LogP contribution in [0.15, 0.2) is 36.4 Å². The molecule has 0 saturated heterocycles. The SMILES string of the molecule is CCC(C(=O)O)N(C(=O)Cc1ccc(F)cc1F)c1ccc(F)cc1F. The van der Waals surface area contributed by atoms with Gasteiger partial charge in [0.05, 0.1) is 12.1 Å². The van der Waals surface area contributed by atoms with E-state index in [0.29, 0.717) is 17.0 Å². The molecule has 0 radical (unpaired) electrons. The summed E-state index contributed by atoms with van der Waals surface area (Å²) in [5.41, 5.74) is -0.614. The van der Waals surface area contributed by atoms with Crippen LogP contribution >= 0.6 is 0 Å². The minimum absolute atomic E-state index is 0.0657. The van der Waals surface area contributed by atoms with Gasteiger partial charge in [0.2, 0.25) is 5.91 Å². The zero-order valence-electron chi connectivity index (χ0n) is 13.7. The van der Waals surface area contributed by atoms with Crippen LogP contribution < -0.4 is 4.90 Å². The maximum Gasteiger partial charge on any atom is 0.326 e. The number of carbonyl (C=O) groups is 2. The van der Waals surface area contributed by atoms with E-state index in [-0.39, 0.29) is 12.0 Å². The van der Waals surface area contributed by atoms with Crippen molar-refractivity contribution < 1.29 is 32.3 Å². The van der Waals surface area contributed by atoms with Gasteiger partial charge in [-0.2, -0.15) is 0 Å². The van der Waals surface area contributed by atoms with Crippen molar-refractivity contribution >= 4 is 17.6 Å². The number of hydrogen-bond acceptors (Lipinski definition) is 2. The molecule has 2 rings (SSSR count). The smallest absolute Gasteiger partial charge is 0.326 e. The second kappa shape index (κ2) is 7.99. The molecule has 1 N–H and O–H groups in total. The molecule has 1 atom stereocenters. The van der Waals surface area contributed by atoms with Crippen molar-refractivity contribution in [2.75, 3.05) is 4.90 Å². The second-order valence-electron chi connectivity index (χ2n) is 5.53. The van der Waals surface area contributed by atoms with Crippen LogP contribution in [0.5, 0.6) is 0 Å². The normalized spacial score (nSPS) is 11.9. The molecule has 0 spiro atoms. The monoisotopic (exact) mass is 369 g/mol. The molecule has 1 unspecified atom stereocenters. The van der Waals surface area contributed by atoms with Gasteiger partial charge in [-0.3, -0.25) is 9.69 Å². The Morgan fingerprint density at radius 2 is 1.58 bits per heavy atom. The minimum atomic E-state index is -1.44. The van der Waals surface area contributed by atoms with Gasteiger partial charge < -0.3 is 5.11 Å². The molecule has 0 saturated carbocycles. The molecular formula is C18H15F4NO3. The number of amides is 1. The third-order valence-electron chi connectivity index (χ3n) is 3.78. The van der Waals surface area contributed by atoms with Crippen LogP contribution in [-0.2, 0) is 16.0 Å². The zero-order chi connectivity index (χ0) is 19.4. The van der Waals surface area contributed by atoms with Crippen LogP contribution in [-0.4, -0.2) is 23.0 Å². The van der Waals surface area contributed by atoms with Crippen molar-refractivity contribution in [1.29, 1.82) is 0 Å². The molecule has 2 aromatic rings. The molecule has 26 heavy (non-hydrogen) atoms. The zero-order valence-corrected chi connectivity index (χ0v) is 13.7. The molecule has 0 bridgehead atoms. The minimum Gasteiger partial charge on any atom is -0.480 e. The van der Waals surface area contributed by atoms with E-state index in [2.05, 4.69) is 0 Å². The number of hydrogen-bond donors (Lipinski definition) is 1. The Morgan fingerprint density at radius 3 is 2.08 bits per heavy atom. The third kappa shape index (κ3) is 4.19. The fourth-order valence-corrected chi connectivity index (χ4v) is 2.53. The van der Waals surface area contributed by atoms with Crippen LogP contribution in [0.1, 0.15) is 18.9 Å². The van der Waals surface area contributed by atoms with Crippen molar-refractivity contribution in [2.45, 2.75) is 25.8 Å². The predicted octanol–water partition coefficient (Wildman–Crippen LogP) is 3.68. The van der Waals surface area contributed by atoms with Crippen molar-refractivity contribution in [2.24, 2.45) is 0 Å². The Labute approximate surface area is 146 Å². The molecule has 1 amide bonds. The summed E-state index contributed by atoms with van der Waals surface area (Å²) in [5, 5.41) is 9.34. The Morgan fingerprint density at radius 1 is 1.00 bits per heavy atom. The van der Waals surface area contributed by atoms with Crippen molar-refractivity contribution in [3.8, 4) is 0 Å². The van der Waals surface area contributed by atoms with E-state index in [4.69, 9.17) is 0 Å². The van der Waals surface area contributed by atoms with Gasteiger partial charge in [0, 0.05) is 12.1 Å². The average Bonchev–Trinajstić information content (AvgIpc) is 2.55. The van der Waals surface area contributed by atoms with E-state index >= 15 is 0 Å². The number of anilines is 1. The predicted molar refractivity (Wildman–Crippen MR) is 85.6 cm³/mol. The fraction of sp³-hybridized carbons (Fsp3) is 0.222. The van der Waals surface area contributed by atoms with Gasteiger partial charge >= 0.3 is 5.97 Å². The van der Waals surface area contributed by atoms with Crippen LogP contribution in [0.2, 0.25) is 0 Å². The first-order valence-electron chi connectivity index (χ1n) is 7.68. The van der Waals surface area contributed by atoms with Gasteiger partial charge in [-0.15, -0.1) is 0 Å². The molecule has 0 aliphatic carbocycles. The van der Waals surface area contributed by atoms with Crippen LogP contribution in [0.3, 0.4) is 0 Å². The molecule has 4 nitrogen and oxygen atoms in total. The van der Waals surface area contributed by atoms with E-state index in [1.165, 1.54) is 6.92 Å². The maximum atomic E-state index is 14.1. The molecular weight excluding hydrogens is 354 g/mol. The Kier molecular flexibility index (Phi) is 5.97. The largest absolute Gasteiger partial charge is 0.480 e. The van der Waals surface area contributed by atoms with Gasteiger partial charge in [0.1, 0.15) is 29.3 Å². The lowest BCUT2D eigenvalue weighted by molar-refractivity contribution is -0.140. The summed E-state index contributed by atoms with van der Waals surface area (Å²) in [5.74, 6) is -6.16. The van der Waals surface area contributed by atoms with E-state index in [0.717, 1.165) is 24.3 Å². The first-order chi connectivity index (χ1) is 12.2. The average molecular weight is 369 g/mol. The topological polar surface area (TPSA) is 57.6 Å². The molecule has 8 heteroatoms. The molecule has 2 aromatic carbocycles. The summed E-state index contributed by atoms with van der Waals surface area (Å²) in [6.07, 6.45) is -0.684. The lowest BCUT2D eigenvalue weighted by atomic mass is 10.1. The van der Waals surface area contributed by atoms with Crippen LogP contribution in [0, 0.1) is 23.3 Å². The molecule has 0 aromatic heterocycles. The molecule has 0 aliphatic rings. The number of carboxylic acid groups (broad SMARTS) is 1. The Bertz CT molecular complexity index is 841. The quantitative estimate of drug-likeness (QED) is 0.791. The van der Waals surface area contributed by atoms with Gasteiger partial charge in [-0.05, 0) is 30.2 Å². The highest BCUT2D eigenvalue weighted by molar-refractivity contribution is 6.00. The van der Waals surface area contributed by atoms with E-state index in [9.17, 15) is 32.3 Å². The van der Waals surface area contributed by atoms with Crippen LogP contribution in [0.25, 0.3) is 0 Å². The number of carbonyl (C=O) groups excluding carboxylic acids is 1. The van der Waals surface area contributed by atoms with Crippen molar-refractivity contribution in [1.82, 2.24) is 0 Å². The summed E-state index contributed by atoms with van der Waals surface area (Å²) in [7, 11) is 0. The molecule has 0 aliphatic heterocycles. The summed E-state index contributed by atoms with van der Waals surface area (Å²) < 4.78 is 54.1. The summed E-state index contributed by atoms with van der Waals surface area (Å²) in [6, 6.07) is 3.47.